The van der Waals surface area contributed by atoms with E-state index in [1.807, 2.05) is 42.5 Å². The number of ketones is 1. The van der Waals surface area contributed by atoms with Gasteiger partial charge in [0.15, 0.2) is 5.78 Å². The van der Waals surface area contributed by atoms with E-state index in [0.29, 0.717) is 36.9 Å². The molecule has 0 amide bonds. The van der Waals surface area contributed by atoms with E-state index in [2.05, 4.69) is 79.4 Å². The summed E-state index contributed by atoms with van der Waals surface area (Å²) in [5.74, 6) is 0.0205. The first-order valence-electron chi connectivity index (χ1n) is 17.9. The lowest BCUT2D eigenvalue weighted by Crippen LogP contribution is -2.53. The Hall–Kier alpha value is -3.83. The average Bonchev–Trinajstić information content (AvgIpc) is 3.35. The number of fused-ring (bicyclic) bond motifs is 9. The van der Waals surface area contributed by atoms with Gasteiger partial charge in [0.1, 0.15) is 0 Å². The Balaban J connectivity index is 1.31. The highest BCUT2D eigenvalue weighted by Crippen LogP contribution is 2.59. The molecule has 48 heavy (non-hydrogen) atoms. The molecule has 4 heteroatoms. The smallest absolute Gasteiger partial charge is 0.193 e. The van der Waals surface area contributed by atoms with E-state index in [-0.39, 0.29) is 11.7 Å². The van der Waals surface area contributed by atoms with Crippen LogP contribution in [0.4, 0.5) is 0 Å². The van der Waals surface area contributed by atoms with Crippen LogP contribution in [0.1, 0.15) is 96.5 Å². The number of rotatable bonds is 5. The monoisotopic (exact) mass is 639 g/mol. The van der Waals surface area contributed by atoms with Gasteiger partial charge in [0, 0.05) is 36.2 Å². The Morgan fingerprint density at radius 1 is 0.854 bits per heavy atom. The third kappa shape index (κ3) is 6.34. The summed E-state index contributed by atoms with van der Waals surface area (Å²) >= 11 is 0. The van der Waals surface area contributed by atoms with E-state index in [9.17, 15) is 15.0 Å². The minimum Gasteiger partial charge on any atom is -0.393 e. The van der Waals surface area contributed by atoms with Gasteiger partial charge in [-0.05, 0) is 104 Å². The van der Waals surface area contributed by atoms with Gasteiger partial charge in [0.25, 0.3) is 0 Å². The van der Waals surface area contributed by atoms with E-state index in [0.717, 1.165) is 67.4 Å². The molecule has 1 saturated carbocycles. The van der Waals surface area contributed by atoms with Gasteiger partial charge in [-0.1, -0.05) is 110 Å². The minimum atomic E-state index is -0.903. The second-order valence-electron chi connectivity index (χ2n) is 14.9. The van der Waals surface area contributed by atoms with Crippen molar-refractivity contribution in [1.29, 1.82) is 0 Å². The van der Waals surface area contributed by atoms with Gasteiger partial charge in [-0.2, -0.15) is 0 Å². The van der Waals surface area contributed by atoms with E-state index in [4.69, 9.17) is 0 Å². The first-order chi connectivity index (χ1) is 23.2. The number of allylic oxidation sites excluding steroid dienone is 2. The van der Waals surface area contributed by atoms with Gasteiger partial charge in [-0.25, -0.2) is 0 Å². The summed E-state index contributed by atoms with van der Waals surface area (Å²) in [5.41, 5.74) is 8.06. The van der Waals surface area contributed by atoms with Crippen LogP contribution < -0.4 is 0 Å². The summed E-state index contributed by atoms with van der Waals surface area (Å²) < 4.78 is 0. The molecule has 2 bridgehead atoms. The third-order valence-electron chi connectivity index (χ3n) is 11.9. The summed E-state index contributed by atoms with van der Waals surface area (Å²) in [6.45, 7) is 6.88. The molecule has 4 aromatic carbocycles. The van der Waals surface area contributed by atoms with E-state index >= 15 is 0 Å². The molecule has 4 aliphatic rings. The fourth-order valence-electron chi connectivity index (χ4n) is 8.95. The zero-order valence-electron chi connectivity index (χ0n) is 28.5. The summed E-state index contributed by atoms with van der Waals surface area (Å²) in [4.78, 5) is 17.3. The highest BCUT2D eigenvalue weighted by atomic mass is 16.3. The molecule has 0 radical (unpaired) electrons. The molecule has 0 aromatic heterocycles. The van der Waals surface area contributed by atoms with Crippen LogP contribution in [0.15, 0.2) is 109 Å². The molecule has 4 atom stereocenters. The van der Waals surface area contributed by atoms with Gasteiger partial charge in [-0.3, -0.25) is 9.69 Å². The number of aliphatic hydroxyl groups excluding tert-OH is 1. The number of benzene rings is 4. The van der Waals surface area contributed by atoms with Crippen LogP contribution >= 0.6 is 0 Å². The van der Waals surface area contributed by atoms with Gasteiger partial charge in [-0.15, -0.1) is 0 Å². The molecular weight excluding hydrogens is 590 g/mol. The quantitative estimate of drug-likeness (QED) is 0.169. The number of aliphatic hydroxyl groups is 2. The maximum Gasteiger partial charge on any atom is 0.193 e. The summed E-state index contributed by atoms with van der Waals surface area (Å²) in [5, 5.41) is 23.9. The largest absolute Gasteiger partial charge is 0.393 e. The van der Waals surface area contributed by atoms with Crippen LogP contribution in [0.25, 0.3) is 11.1 Å². The zero-order valence-corrected chi connectivity index (χ0v) is 28.5. The Labute approximate surface area is 286 Å². The predicted molar refractivity (Wildman–Crippen MR) is 194 cm³/mol. The first kappa shape index (κ1) is 32.7. The molecule has 8 rings (SSSR count). The minimum absolute atomic E-state index is 0.00838. The predicted octanol–water partition coefficient (Wildman–Crippen LogP) is 8.68. The number of carbonyl (C=O) groups is 1. The van der Waals surface area contributed by atoms with Crippen molar-refractivity contribution in [3.05, 3.63) is 142 Å². The molecule has 3 aliphatic carbocycles. The van der Waals surface area contributed by atoms with Crippen LogP contribution in [-0.4, -0.2) is 45.7 Å². The maximum atomic E-state index is 14.9. The SMILES string of the molecule is CC1=CCCC2(C)C(CCC2(O)CN2CCc3ccccc3C2)c2ccc(cc2C(=O)c2ccccc2-c2ccccc2)CC(O)CC1. The van der Waals surface area contributed by atoms with Crippen molar-refractivity contribution in [2.75, 3.05) is 13.1 Å². The Morgan fingerprint density at radius 3 is 2.44 bits per heavy atom. The molecule has 1 fully saturated rings. The number of β-amino-alcohol motifs (C(OH)–C–C–N with tert-alkyl or cyclic N) is 1. The molecule has 4 unspecified atom stereocenters. The number of hydrogen-bond donors (Lipinski definition) is 2. The fraction of sp³-hybridized carbons (Fsp3) is 0.386. The van der Waals surface area contributed by atoms with Crippen molar-refractivity contribution in [3.63, 3.8) is 0 Å². The van der Waals surface area contributed by atoms with Crippen molar-refractivity contribution in [2.45, 2.75) is 89.4 Å². The average molecular weight is 640 g/mol. The molecule has 2 N–H and O–H groups in total. The maximum absolute atomic E-state index is 14.9. The van der Waals surface area contributed by atoms with Crippen LogP contribution in [-0.2, 0) is 19.4 Å². The lowest BCUT2D eigenvalue weighted by atomic mass is 9.64. The van der Waals surface area contributed by atoms with Crippen molar-refractivity contribution >= 4 is 5.78 Å². The van der Waals surface area contributed by atoms with E-state index in [1.165, 1.54) is 16.7 Å². The van der Waals surface area contributed by atoms with Gasteiger partial charge in [0.2, 0.25) is 0 Å². The lowest BCUT2D eigenvalue weighted by molar-refractivity contribution is -0.0856. The molecule has 0 saturated heterocycles. The Bertz CT molecular complexity index is 1810. The van der Waals surface area contributed by atoms with E-state index in [1.54, 1.807) is 0 Å². The van der Waals surface area contributed by atoms with Crippen molar-refractivity contribution in [3.8, 4) is 11.1 Å². The lowest BCUT2D eigenvalue weighted by Gasteiger charge is -2.47. The summed E-state index contributed by atoms with van der Waals surface area (Å²) in [6, 6.07) is 33.1. The first-order valence-corrected chi connectivity index (χ1v) is 17.9. The van der Waals surface area contributed by atoms with Crippen molar-refractivity contribution in [2.24, 2.45) is 5.41 Å². The van der Waals surface area contributed by atoms with Gasteiger partial charge in [0.05, 0.1) is 11.7 Å². The van der Waals surface area contributed by atoms with Crippen LogP contribution in [0.5, 0.6) is 0 Å². The molecule has 0 spiro atoms. The molecule has 4 aromatic rings. The van der Waals surface area contributed by atoms with Crippen LogP contribution in [0, 0.1) is 5.41 Å². The van der Waals surface area contributed by atoms with Crippen molar-refractivity contribution < 1.29 is 15.0 Å². The number of carbonyl (C=O) groups excluding carboxylic acids is 1. The van der Waals surface area contributed by atoms with Crippen LogP contribution in [0.2, 0.25) is 0 Å². The molecule has 1 heterocycles. The van der Waals surface area contributed by atoms with Gasteiger partial charge < -0.3 is 10.2 Å². The Kier molecular flexibility index (Phi) is 9.26. The fourth-order valence-corrected chi connectivity index (χ4v) is 8.95. The topological polar surface area (TPSA) is 60.8 Å². The van der Waals surface area contributed by atoms with E-state index < -0.39 is 17.1 Å². The molecule has 1 aliphatic heterocycles. The second kappa shape index (κ2) is 13.6. The highest BCUT2D eigenvalue weighted by molar-refractivity contribution is 6.13. The normalized spacial score (nSPS) is 26.3. The number of hydrogen-bond acceptors (Lipinski definition) is 4. The van der Waals surface area contributed by atoms with Crippen LogP contribution in [0.3, 0.4) is 0 Å². The van der Waals surface area contributed by atoms with Gasteiger partial charge >= 0.3 is 0 Å². The zero-order chi connectivity index (χ0) is 33.3. The molecular formula is C44H49NO3. The molecule has 248 valence electrons. The Morgan fingerprint density at radius 2 is 1.60 bits per heavy atom. The standard InChI is InChI=1S/C44H49NO3/c1-31-11-10-24-43(2)41(22-25-44(43,48)30-45-26-23-33-12-6-7-15-35(33)29-45)38-21-19-32(27-36(46)20-18-31)28-40(38)42(47)39-17-9-8-16-37(39)34-13-4-3-5-14-34/h3-9,11-17,19,21,28,36,41,46,48H,10,18,20,22-27,29-30H2,1-2H3. The third-order valence-corrected chi connectivity index (χ3v) is 11.9. The number of nitrogens with zero attached hydrogens (tertiary/aromatic N) is 1. The second-order valence-corrected chi connectivity index (χ2v) is 14.9. The summed E-state index contributed by atoms with van der Waals surface area (Å²) in [7, 11) is 0. The molecule has 4 nitrogen and oxygen atoms in total. The highest BCUT2D eigenvalue weighted by Gasteiger charge is 2.57. The van der Waals surface area contributed by atoms with Crippen molar-refractivity contribution in [1.82, 2.24) is 4.90 Å². The summed E-state index contributed by atoms with van der Waals surface area (Å²) in [6.07, 6.45) is 8.09.